The van der Waals surface area contributed by atoms with Crippen LogP contribution in [0, 0.1) is 12.3 Å². The SMILES string of the molecule is C#CCC(CC)Nc1ccc(C(C)=O)cc1. The van der Waals surface area contributed by atoms with E-state index in [0.29, 0.717) is 12.5 Å². The van der Waals surface area contributed by atoms with Crippen LogP contribution in [0.2, 0.25) is 0 Å². The summed E-state index contributed by atoms with van der Waals surface area (Å²) in [5.74, 6) is 2.74. The van der Waals surface area contributed by atoms with Crippen LogP contribution in [0.25, 0.3) is 0 Å². The second-order valence-corrected chi connectivity index (χ2v) is 3.79. The van der Waals surface area contributed by atoms with Crippen molar-refractivity contribution in [3.8, 4) is 12.3 Å². The van der Waals surface area contributed by atoms with Crippen LogP contribution in [0.4, 0.5) is 5.69 Å². The molecule has 0 aliphatic carbocycles. The molecule has 16 heavy (non-hydrogen) atoms. The number of carbonyl (C=O) groups is 1. The van der Waals surface area contributed by atoms with E-state index in [4.69, 9.17) is 6.42 Å². The lowest BCUT2D eigenvalue weighted by Gasteiger charge is -2.15. The van der Waals surface area contributed by atoms with E-state index in [1.807, 2.05) is 24.3 Å². The van der Waals surface area contributed by atoms with Gasteiger partial charge in [-0.1, -0.05) is 6.92 Å². The largest absolute Gasteiger partial charge is 0.381 e. The molecular weight excluding hydrogens is 198 g/mol. The molecule has 0 spiro atoms. The summed E-state index contributed by atoms with van der Waals surface area (Å²) in [4.78, 5) is 11.1. The van der Waals surface area contributed by atoms with Crippen LogP contribution in [0.5, 0.6) is 0 Å². The topological polar surface area (TPSA) is 29.1 Å². The molecule has 1 unspecified atom stereocenters. The Kier molecular flexibility index (Phi) is 4.60. The van der Waals surface area contributed by atoms with Gasteiger partial charge in [-0.15, -0.1) is 12.3 Å². The summed E-state index contributed by atoms with van der Waals surface area (Å²) in [6.07, 6.45) is 6.99. The van der Waals surface area contributed by atoms with Crippen molar-refractivity contribution >= 4 is 11.5 Å². The Labute approximate surface area is 97.1 Å². The third kappa shape index (κ3) is 3.43. The van der Waals surface area contributed by atoms with E-state index in [-0.39, 0.29) is 5.78 Å². The van der Waals surface area contributed by atoms with Gasteiger partial charge in [-0.25, -0.2) is 0 Å². The Morgan fingerprint density at radius 1 is 1.44 bits per heavy atom. The molecule has 0 saturated heterocycles. The van der Waals surface area contributed by atoms with Crippen molar-refractivity contribution in [2.24, 2.45) is 0 Å². The van der Waals surface area contributed by atoms with E-state index in [2.05, 4.69) is 18.2 Å². The van der Waals surface area contributed by atoms with Crippen molar-refractivity contribution in [3.05, 3.63) is 29.8 Å². The van der Waals surface area contributed by atoms with Gasteiger partial charge in [0.2, 0.25) is 0 Å². The summed E-state index contributed by atoms with van der Waals surface area (Å²) in [5, 5.41) is 3.34. The zero-order valence-corrected chi connectivity index (χ0v) is 9.79. The summed E-state index contributed by atoms with van der Waals surface area (Å²) in [7, 11) is 0. The van der Waals surface area contributed by atoms with Crippen molar-refractivity contribution in [1.29, 1.82) is 0 Å². The molecule has 0 fully saturated rings. The lowest BCUT2D eigenvalue weighted by Crippen LogP contribution is -2.17. The number of hydrogen-bond acceptors (Lipinski definition) is 2. The zero-order valence-electron chi connectivity index (χ0n) is 9.79. The Hall–Kier alpha value is -1.75. The van der Waals surface area contributed by atoms with Crippen LogP contribution in [0.3, 0.4) is 0 Å². The first-order valence-electron chi connectivity index (χ1n) is 5.48. The molecule has 84 valence electrons. The Morgan fingerprint density at radius 2 is 2.06 bits per heavy atom. The van der Waals surface area contributed by atoms with Gasteiger partial charge >= 0.3 is 0 Å². The lowest BCUT2D eigenvalue weighted by molar-refractivity contribution is 0.101. The smallest absolute Gasteiger partial charge is 0.159 e. The minimum atomic E-state index is 0.0854. The van der Waals surface area contributed by atoms with Gasteiger partial charge in [0, 0.05) is 23.7 Å². The maximum Gasteiger partial charge on any atom is 0.159 e. The van der Waals surface area contributed by atoms with E-state index >= 15 is 0 Å². The number of benzene rings is 1. The van der Waals surface area contributed by atoms with E-state index in [9.17, 15) is 4.79 Å². The van der Waals surface area contributed by atoms with Crippen molar-refractivity contribution < 1.29 is 4.79 Å². The second-order valence-electron chi connectivity index (χ2n) is 3.79. The minimum absolute atomic E-state index is 0.0854. The molecule has 0 amide bonds. The standard InChI is InChI=1S/C14H17NO/c1-4-6-13(5-2)15-14-9-7-12(8-10-14)11(3)16/h1,7-10,13,15H,5-6H2,2-3H3. The Balaban J connectivity index is 2.68. The molecule has 2 heteroatoms. The zero-order chi connectivity index (χ0) is 12.0. The second kappa shape index (κ2) is 5.97. The van der Waals surface area contributed by atoms with Crippen LogP contribution < -0.4 is 5.32 Å². The molecule has 0 aromatic heterocycles. The van der Waals surface area contributed by atoms with Gasteiger partial charge in [0.1, 0.15) is 0 Å². The summed E-state index contributed by atoms with van der Waals surface area (Å²) < 4.78 is 0. The third-order valence-corrected chi connectivity index (χ3v) is 2.52. The lowest BCUT2D eigenvalue weighted by atomic mass is 10.1. The van der Waals surface area contributed by atoms with Crippen molar-refractivity contribution in [2.75, 3.05) is 5.32 Å². The summed E-state index contributed by atoms with van der Waals surface area (Å²) in [6.45, 7) is 3.66. The number of anilines is 1. The Morgan fingerprint density at radius 3 is 2.50 bits per heavy atom. The summed E-state index contributed by atoms with van der Waals surface area (Å²) >= 11 is 0. The van der Waals surface area contributed by atoms with Gasteiger partial charge in [0.05, 0.1) is 0 Å². The van der Waals surface area contributed by atoms with Crippen LogP contribution in [-0.2, 0) is 0 Å². The highest BCUT2D eigenvalue weighted by molar-refractivity contribution is 5.94. The van der Waals surface area contributed by atoms with Gasteiger partial charge < -0.3 is 5.32 Å². The first kappa shape index (κ1) is 12.3. The van der Waals surface area contributed by atoms with Gasteiger partial charge in [0.25, 0.3) is 0 Å². The first-order chi connectivity index (χ1) is 7.67. The fourth-order valence-corrected chi connectivity index (χ4v) is 1.48. The van der Waals surface area contributed by atoms with E-state index < -0.39 is 0 Å². The maximum atomic E-state index is 11.1. The molecule has 0 bridgehead atoms. The summed E-state index contributed by atoms with van der Waals surface area (Å²) in [6, 6.07) is 7.78. The Bertz CT molecular complexity index is 386. The van der Waals surface area contributed by atoms with Crippen LogP contribution in [-0.4, -0.2) is 11.8 Å². The normalized spacial score (nSPS) is 11.6. The molecular formula is C14H17NO. The summed E-state index contributed by atoms with van der Waals surface area (Å²) in [5.41, 5.74) is 1.74. The maximum absolute atomic E-state index is 11.1. The van der Waals surface area contributed by atoms with Crippen LogP contribution in [0.15, 0.2) is 24.3 Å². The molecule has 0 aliphatic rings. The number of rotatable bonds is 5. The monoisotopic (exact) mass is 215 g/mol. The first-order valence-corrected chi connectivity index (χ1v) is 5.48. The average Bonchev–Trinajstić information content (AvgIpc) is 2.29. The molecule has 1 rings (SSSR count). The molecule has 0 radical (unpaired) electrons. The quantitative estimate of drug-likeness (QED) is 0.604. The molecule has 1 aromatic rings. The molecule has 0 aliphatic heterocycles. The molecule has 1 atom stereocenters. The van der Waals surface area contributed by atoms with Crippen molar-refractivity contribution in [3.63, 3.8) is 0 Å². The van der Waals surface area contributed by atoms with Crippen molar-refractivity contribution in [1.82, 2.24) is 0 Å². The van der Waals surface area contributed by atoms with Crippen LogP contribution in [0.1, 0.15) is 37.0 Å². The van der Waals surface area contributed by atoms with Gasteiger partial charge in [-0.3, -0.25) is 4.79 Å². The van der Waals surface area contributed by atoms with Crippen LogP contribution >= 0.6 is 0 Å². The number of terminal acetylenes is 1. The highest BCUT2D eigenvalue weighted by atomic mass is 16.1. The molecule has 1 aromatic carbocycles. The average molecular weight is 215 g/mol. The van der Waals surface area contributed by atoms with Gasteiger partial charge in [0.15, 0.2) is 5.78 Å². The van der Waals surface area contributed by atoms with E-state index in [1.54, 1.807) is 6.92 Å². The molecule has 0 saturated carbocycles. The number of ketones is 1. The molecule has 0 heterocycles. The van der Waals surface area contributed by atoms with Gasteiger partial charge in [-0.2, -0.15) is 0 Å². The fraction of sp³-hybridized carbons (Fsp3) is 0.357. The highest BCUT2D eigenvalue weighted by Gasteiger charge is 2.04. The van der Waals surface area contributed by atoms with E-state index in [1.165, 1.54) is 0 Å². The number of nitrogens with one attached hydrogen (secondary N) is 1. The number of hydrogen-bond donors (Lipinski definition) is 1. The fourth-order valence-electron chi connectivity index (χ4n) is 1.48. The predicted molar refractivity (Wildman–Crippen MR) is 67.6 cm³/mol. The highest BCUT2D eigenvalue weighted by Crippen LogP contribution is 2.13. The van der Waals surface area contributed by atoms with Crippen molar-refractivity contribution in [2.45, 2.75) is 32.7 Å². The molecule has 1 N–H and O–H groups in total. The number of carbonyl (C=O) groups excluding carboxylic acids is 1. The molecule has 2 nitrogen and oxygen atoms in total. The minimum Gasteiger partial charge on any atom is -0.381 e. The third-order valence-electron chi connectivity index (χ3n) is 2.52. The predicted octanol–water partition coefficient (Wildman–Crippen LogP) is 3.10. The number of Topliss-reactive ketones (excluding diaryl/α,β-unsaturated/α-hetero) is 1. The van der Waals surface area contributed by atoms with E-state index in [0.717, 1.165) is 17.7 Å². The van der Waals surface area contributed by atoms with Gasteiger partial charge in [-0.05, 0) is 37.6 Å².